The lowest BCUT2D eigenvalue weighted by Gasteiger charge is -2.39. The minimum absolute atomic E-state index is 0.257. The van der Waals surface area contributed by atoms with E-state index in [4.69, 9.17) is 21.1 Å². The molecule has 4 aromatic carbocycles. The summed E-state index contributed by atoms with van der Waals surface area (Å²) in [7, 11) is 0. The largest absolute Gasteiger partial charge is 0.491 e. The Bertz CT molecular complexity index is 1330. The normalized spacial score (nSPS) is 12.4. The number of hydrogen-bond donors (Lipinski definition) is 1. The van der Waals surface area contributed by atoms with Crippen LogP contribution in [0.2, 0.25) is 5.15 Å². The van der Waals surface area contributed by atoms with Gasteiger partial charge < -0.3 is 9.47 Å². The molecular formula is C32H29ClN2O2. The third kappa shape index (κ3) is 5.67. The lowest BCUT2D eigenvalue weighted by molar-refractivity contribution is 0.0127. The van der Waals surface area contributed by atoms with Crippen molar-refractivity contribution in [3.63, 3.8) is 0 Å². The van der Waals surface area contributed by atoms with Crippen molar-refractivity contribution < 1.29 is 9.47 Å². The van der Waals surface area contributed by atoms with Gasteiger partial charge in [0, 0.05) is 5.39 Å². The van der Waals surface area contributed by atoms with Crippen molar-refractivity contribution in [3.05, 3.63) is 143 Å². The Labute approximate surface area is 222 Å². The number of rotatable bonds is 10. The first-order valence-electron chi connectivity index (χ1n) is 12.4. The van der Waals surface area contributed by atoms with E-state index in [1.807, 2.05) is 49.4 Å². The molecule has 5 aromatic rings. The molecule has 1 atom stereocenters. The van der Waals surface area contributed by atoms with Crippen molar-refractivity contribution in [2.24, 2.45) is 0 Å². The molecule has 1 N–H and O–H groups in total. The highest BCUT2D eigenvalue weighted by atomic mass is 35.5. The first-order valence-corrected chi connectivity index (χ1v) is 12.8. The molecule has 1 heterocycles. The summed E-state index contributed by atoms with van der Waals surface area (Å²) in [6, 6.07) is 41.0. The predicted molar refractivity (Wildman–Crippen MR) is 150 cm³/mol. The zero-order valence-electron chi connectivity index (χ0n) is 20.7. The summed E-state index contributed by atoms with van der Waals surface area (Å²) in [4.78, 5) is 4.32. The van der Waals surface area contributed by atoms with Crippen LogP contribution in [0.15, 0.2) is 121 Å². The van der Waals surface area contributed by atoms with Crippen molar-refractivity contribution in [2.45, 2.75) is 18.7 Å². The van der Waals surface area contributed by atoms with E-state index in [1.54, 1.807) is 6.07 Å². The molecule has 0 aliphatic rings. The highest BCUT2D eigenvalue weighted by Crippen LogP contribution is 2.37. The van der Waals surface area contributed by atoms with Gasteiger partial charge in [-0.3, -0.25) is 5.32 Å². The Kier molecular flexibility index (Phi) is 7.81. The second-order valence-electron chi connectivity index (χ2n) is 8.84. The summed E-state index contributed by atoms with van der Waals surface area (Å²) in [5.74, 6) is 0.771. The van der Waals surface area contributed by atoms with Gasteiger partial charge >= 0.3 is 0 Å². The van der Waals surface area contributed by atoms with Gasteiger partial charge in [0.05, 0.1) is 17.7 Å². The van der Waals surface area contributed by atoms with E-state index in [0.29, 0.717) is 18.4 Å². The average Bonchev–Trinajstić information content (AvgIpc) is 2.95. The average molecular weight is 509 g/mol. The molecule has 0 spiro atoms. The van der Waals surface area contributed by atoms with Crippen molar-refractivity contribution in [1.29, 1.82) is 0 Å². The molecule has 4 nitrogen and oxygen atoms in total. The van der Waals surface area contributed by atoms with Gasteiger partial charge in [0.15, 0.2) is 0 Å². The van der Waals surface area contributed by atoms with Gasteiger partial charge in [-0.25, -0.2) is 4.98 Å². The van der Waals surface area contributed by atoms with Crippen molar-refractivity contribution in [2.75, 3.05) is 13.2 Å². The smallest absolute Gasteiger partial charge is 0.129 e. The quantitative estimate of drug-likeness (QED) is 0.0936. The summed E-state index contributed by atoms with van der Waals surface area (Å²) in [5, 5.41) is 5.27. The zero-order valence-corrected chi connectivity index (χ0v) is 21.4. The van der Waals surface area contributed by atoms with Crippen LogP contribution in [0, 0.1) is 0 Å². The highest BCUT2D eigenvalue weighted by Gasteiger charge is 2.37. The summed E-state index contributed by atoms with van der Waals surface area (Å²) in [6.45, 7) is 2.89. The highest BCUT2D eigenvalue weighted by molar-refractivity contribution is 6.29. The maximum Gasteiger partial charge on any atom is 0.129 e. The van der Waals surface area contributed by atoms with Crippen LogP contribution in [0.4, 0.5) is 0 Å². The monoisotopic (exact) mass is 508 g/mol. The number of halogens is 1. The molecule has 0 saturated carbocycles. The third-order valence-electron chi connectivity index (χ3n) is 6.39. The van der Waals surface area contributed by atoms with Crippen LogP contribution in [-0.4, -0.2) is 24.4 Å². The Morgan fingerprint density at radius 3 is 1.86 bits per heavy atom. The second-order valence-corrected chi connectivity index (χ2v) is 9.23. The first-order chi connectivity index (χ1) is 18.1. The van der Waals surface area contributed by atoms with Crippen LogP contribution in [-0.2, 0) is 10.3 Å². The van der Waals surface area contributed by atoms with Crippen LogP contribution in [0.3, 0.4) is 0 Å². The lowest BCUT2D eigenvalue weighted by Crippen LogP contribution is -2.50. The van der Waals surface area contributed by atoms with E-state index in [2.05, 4.69) is 83.1 Å². The Morgan fingerprint density at radius 2 is 1.30 bits per heavy atom. The van der Waals surface area contributed by atoms with E-state index >= 15 is 0 Å². The van der Waals surface area contributed by atoms with Crippen LogP contribution < -0.4 is 10.1 Å². The van der Waals surface area contributed by atoms with E-state index in [9.17, 15) is 0 Å². The zero-order chi connectivity index (χ0) is 25.5. The summed E-state index contributed by atoms with van der Waals surface area (Å²) in [5.41, 5.74) is 3.68. The maximum absolute atomic E-state index is 6.22. The molecule has 0 bridgehead atoms. The molecular weight excluding hydrogens is 480 g/mol. The van der Waals surface area contributed by atoms with Crippen LogP contribution in [0.25, 0.3) is 10.9 Å². The van der Waals surface area contributed by atoms with E-state index in [0.717, 1.165) is 33.3 Å². The molecule has 5 heteroatoms. The summed E-state index contributed by atoms with van der Waals surface area (Å²) < 4.78 is 12.2. The standard InChI is InChI=1S/C32H29ClN2O2/c1-24(36-21-22-37-29-18-19-30-25(23-29)17-20-31(33)34-30)35-32(26-11-5-2-6-12-26,27-13-7-3-8-14-27)28-15-9-4-10-16-28/h2-20,23-24,35H,21-22H2,1H3. The number of pyridine rings is 1. The number of benzene rings is 4. The van der Waals surface area contributed by atoms with Crippen molar-refractivity contribution in [3.8, 4) is 5.75 Å². The van der Waals surface area contributed by atoms with Gasteiger partial charge in [-0.1, -0.05) is 103 Å². The maximum atomic E-state index is 6.22. The molecule has 0 aliphatic carbocycles. The minimum Gasteiger partial charge on any atom is -0.491 e. The first kappa shape index (κ1) is 25.0. The molecule has 0 aliphatic heterocycles. The van der Waals surface area contributed by atoms with Gasteiger partial charge in [-0.2, -0.15) is 0 Å². The molecule has 0 fully saturated rings. The van der Waals surface area contributed by atoms with Crippen LogP contribution in [0.5, 0.6) is 5.75 Å². The Balaban J connectivity index is 1.33. The third-order valence-corrected chi connectivity index (χ3v) is 6.60. The van der Waals surface area contributed by atoms with E-state index < -0.39 is 5.54 Å². The number of hydrogen-bond acceptors (Lipinski definition) is 4. The SMILES string of the molecule is CC(NC(c1ccccc1)(c1ccccc1)c1ccccc1)OCCOc1ccc2nc(Cl)ccc2c1. The topological polar surface area (TPSA) is 43.4 Å². The van der Waals surface area contributed by atoms with Crippen LogP contribution in [0.1, 0.15) is 23.6 Å². The molecule has 37 heavy (non-hydrogen) atoms. The number of nitrogens with one attached hydrogen (secondary N) is 1. The number of aromatic nitrogens is 1. The lowest BCUT2D eigenvalue weighted by atomic mass is 9.77. The fraction of sp³-hybridized carbons (Fsp3) is 0.156. The molecule has 0 amide bonds. The molecule has 0 saturated heterocycles. The van der Waals surface area contributed by atoms with Gasteiger partial charge in [0.25, 0.3) is 0 Å². The molecule has 1 unspecified atom stereocenters. The molecule has 1 aromatic heterocycles. The van der Waals surface area contributed by atoms with Gasteiger partial charge in [0.1, 0.15) is 23.7 Å². The summed E-state index contributed by atoms with van der Waals surface area (Å²) >= 11 is 5.99. The Hall–Kier alpha value is -3.70. The molecule has 0 radical (unpaired) electrons. The van der Waals surface area contributed by atoms with Crippen molar-refractivity contribution in [1.82, 2.24) is 10.3 Å². The number of nitrogens with zero attached hydrogens (tertiary/aromatic N) is 1. The molecule has 5 rings (SSSR count). The fourth-order valence-electron chi connectivity index (χ4n) is 4.71. The van der Waals surface area contributed by atoms with Gasteiger partial charge in [0.2, 0.25) is 0 Å². The number of fused-ring (bicyclic) bond motifs is 1. The van der Waals surface area contributed by atoms with Crippen molar-refractivity contribution >= 4 is 22.5 Å². The van der Waals surface area contributed by atoms with Gasteiger partial charge in [-0.15, -0.1) is 0 Å². The fourth-order valence-corrected chi connectivity index (χ4v) is 4.87. The molecule has 186 valence electrons. The van der Waals surface area contributed by atoms with Gasteiger partial charge in [-0.05, 0) is 53.9 Å². The van der Waals surface area contributed by atoms with E-state index in [1.165, 1.54) is 0 Å². The number of ether oxygens (including phenoxy) is 2. The minimum atomic E-state index is -0.587. The predicted octanol–water partition coefficient (Wildman–Crippen LogP) is 7.21. The summed E-state index contributed by atoms with van der Waals surface area (Å²) in [6.07, 6.45) is -0.257. The van der Waals surface area contributed by atoms with Crippen LogP contribution >= 0.6 is 11.6 Å². The van der Waals surface area contributed by atoms with E-state index in [-0.39, 0.29) is 6.23 Å². The second kappa shape index (κ2) is 11.6. The Morgan fingerprint density at radius 1 is 0.730 bits per heavy atom.